The third kappa shape index (κ3) is 3.90. The highest BCUT2D eigenvalue weighted by Crippen LogP contribution is 2.36. The first-order valence-corrected chi connectivity index (χ1v) is 8.04. The van der Waals surface area contributed by atoms with Gasteiger partial charge in [-0.15, -0.1) is 0 Å². The maximum absolute atomic E-state index is 12.8. The van der Waals surface area contributed by atoms with Gasteiger partial charge in [0.05, 0.1) is 22.5 Å². The van der Waals surface area contributed by atoms with E-state index in [9.17, 15) is 23.1 Å². The number of amides is 1. The summed E-state index contributed by atoms with van der Waals surface area (Å²) in [5.41, 5.74) is -0.0186. The quantitative estimate of drug-likeness (QED) is 0.631. The number of phenols is 1. The fraction of sp³-hybridized carbons (Fsp3) is 0.111. The number of hydrogen-bond acceptors (Lipinski definition) is 3. The highest BCUT2D eigenvalue weighted by molar-refractivity contribution is 6.33. The fourth-order valence-electron chi connectivity index (χ4n) is 2.56. The second-order valence-corrected chi connectivity index (χ2v) is 6.14. The fourth-order valence-corrected chi connectivity index (χ4v) is 2.82. The van der Waals surface area contributed by atoms with Crippen LogP contribution in [0.15, 0.2) is 48.7 Å². The SMILES string of the molecule is Cn1ncc(Cl)c1-c1cc(NC(=O)c2cccc(C(F)(F)F)c2)ccc1O. The van der Waals surface area contributed by atoms with Crippen LogP contribution in [0.25, 0.3) is 11.3 Å². The molecule has 0 fully saturated rings. The number of anilines is 1. The van der Waals surface area contributed by atoms with Crippen LogP contribution in [0.5, 0.6) is 5.75 Å². The van der Waals surface area contributed by atoms with Crippen molar-refractivity contribution in [2.75, 3.05) is 5.32 Å². The second kappa shape index (κ2) is 6.96. The van der Waals surface area contributed by atoms with E-state index in [0.717, 1.165) is 18.2 Å². The third-order valence-electron chi connectivity index (χ3n) is 3.86. The van der Waals surface area contributed by atoms with Crippen molar-refractivity contribution in [3.63, 3.8) is 0 Å². The molecule has 0 saturated heterocycles. The number of alkyl halides is 3. The first-order chi connectivity index (χ1) is 12.7. The number of rotatable bonds is 3. The van der Waals surface area contributed by atoms with E-state index in [0.29, 0.717) is 16.3 Å². The number of nitrogens with one attached hydrogen (secondary N) is 1. The molecule has 1 amide bonds. The average molecular weight is 396 g/mol. The lowest BCUT2D eigenvalue weighted by molar-refractivity contribution is -0.137. The van der Waals surface area contributed by atoms with Gasteiger partial charge in [-0.1, -0.05) is 17.7 Å². The predicted molar refractivity (Wildman–Crippen MR) is 94.7 cm³/mol. The molecule has 1 heterocycles. The summed E-state index contributed by atoms with van der Waals surface area (Å²) >= 11 is 6.08. The molecule has 2 N–H and O–H groups in total. The molecule has 140 valence electrons. The van der Waals surface area contributed by atoms with Crippen molar-refractivity contribution in [3.8, 4) is 17.0 Å². The molecule has 0 aliphatic rings. The number of benzene rings is 2. The van der Waals surface area contributed by atoms with Gasteiger partial charge >= 0.3 is 6.18 Å². The maximum atomic E-state index is 12.8. The highest BCUT2D eigenvalue weighted by atomic mass is 35.5. The number of aryl methyl sites for hydroxylation is 1. The van der Waals surface area contributed by atoms with Crippen molar-refractivity contribution < 1.29 is 23.1 Å². The Bertz CT molecular complexity index is 996. The van der Waals surface area contributed by atoms with Gasteiger partial charge < -0.3 is 10.4 Å². The van der Waals surface area contributed by atoms with Crippen LogP contribution in [0.4, 0.5) is 18.9 Å². The third-order valence-corrected chi connectivity index (χ3v) is 4.13. The van der Waals surface area contributed by atoms with Gasteiger partial charge in [-0.2, -0.15) is 18.3 Å². The lowest BCUT2D eigenvalue weighted by Crippen LogP contribution is -2.14. The van der Waals surface area contributed by atoms with E-state index < -0.39 is 17.6 Å². The minimum atomic E-state index is -4.54. The number of halogens is 4. The molecule has 27 heavy (non-hydrogen) atoms. The Kier molecular flexibility index (Phi) is 4.84. The first-order valence-electron chi connectivity index (χ1n) is 7.66. The number of aromatic nitrogens is 2. The lowest BCUT2D eigenvalue weighted by Gasteiger charge is -2.11. The van der Waals surface area contributed by atoms with Crippen LogP contribution >= 0.6 is 11.6 Å². The summed E-state index contributed by atoms with van der Waals surface area (Å²) in [4.78, 5) is 12.3. The van der Waals surface area contributed by atoms with Gasteiger partial charge in [0, 0.05) is 23.9 Å². The van der Waals surface area contributed by atoms with Crippen LogP contribution in [-0.4, -0.2) is 20.8 Å². The van der Waals surface area contributed by atoms with Crippen LogP contribution in [0, 0.1) is 0 Å². The second-order valence-electron chi connectivity index (χ2n) is 5.73. The zero-order valence-corrected chi connectivity index (χ0v) is 14.6. The Labute approximate surface area is 157 Å². The Morgan fingerprint density at radius 1 is 1.22 bits per heavy atom. The monoisotopic (exact) mass is 395 g/mol. The summed E-state index contributed by atoms with van der Waals surface area (Å²) < 4.78 is 39.9. The molecule has 2 aromatic carbocycles. The molecule has 0 aliphatic heterocycles. The average Bonchev–Trinajstić information content (AvgIpc) is 2.94. The van der Waals surface area contributed by atoms with Gasteiger partial charge in [0.15, 0.2) is 0 Å². The van der Waals surface area contributed by atoms with E-state index in [1.807, 2.05) is 0 Å². The summed E-state index contributed by atoms with van der Waals surface area (Å²) in [5, 5.41) is 16.9. The van der Waals surface area contributed by atoms with Crippen molar-refractivity contribution in [3.05, 3.63) is 64.8 Å². The van der Waals surface area contributed by atoms with Crippen molar-refractivity contribution in [1.82, 2.24) is 9.78 Å². The van der Waals surface area contributed by atoms with Crippen LogP contribution in [0.2, 0.25) is 5.02 Å². The molecule has 0 aliphatic carbocycles. The number of phenolic OH excluding ortho intramolecular Hbond substituents is 1. The Balaban J connectivity index is 1.91. The van der Waals surface area contributed by atoms with Gasteiger partial charge in [0.2, 0.25) is 0 Å². The van der Waals surface area contributed by atoms with Crippen molar-refractivity contribution in [2.45, 2.75) is 6.18 Å². The molecule has 9 heteroatoms. The Hall–Kier alpha value is -3.00. The van der Waals surface area contributed by atoms with Crippen LogP contribution < -0.4 is 5.32 Å². The van der Waals surface area contributed by atoms with E-state index in [-0.39, 0.29) is 17.0 Å². The molecule has 3 rings (SSSR count). The van der Waals surface area contributed by atoms with Gasteiger partial charge in [0.25, 0.3) is 5.91 Å². The molecular formula is C18H13ClF3N3O2. The van der Waals surface area contributed by atoms with Crippen LogP contribution in [0.3, 0.4) is 0 Å². The minimum Gasteiger partial charge on any atom is -0.507 e. The summed E-state index contributed by atoms with van der Waals surface area (Å²) in [5.74, 6) is -0.800. The summed E-state index contributed by atoms with van der Waals surface area (Å²) in [6.45, 7) is 0. The molecule has 0 atom stereocenters. The van der Waals surface area contributed by atoms with Gasteiger partial charge in [-0.25, -0.2) is 0 Å². The first kappa shape index (κ1) is 18.8. The largest absolute Gasteiger partial charge is 0.507 e. The Morgan fingerprint density at radius 2 is 1.96 bits per heavy atom. The number of carbonyl (C=O) groups is 1. The molecule has 1 aromatic heterocycles. The van der Waals surface area contributed by atoms with Crippen LogP contribution in [0.1, 0.15) is 15.9 Å². The minimum absolute atomic E-state index is 0.0856. The van der Waals surface area contributed by atoms with Gasteiger partial charge in [0.1, 0.15) is 5.75 Å². The van der Waals surface area contributed by atoms with Crippen molar-refractivity contribution in [1.29, 1.82) is 0 Å². The summed E-state index contributed by atoms with van der Waals surface area (Å²) in [7, 11) is 1.63. The van der Waals surface area contributed by atoms with Crippen molar-refractivity contribution in [2.24, 2.45) is 7.05 Å². The van der Waals surface area contributed by atoms with Gasteiger partial charge in [-0.05, 0) is 36.4 Å². The van der Waals surface area contributed by atoms with Crippen LogP contribution in [-0.2, 0) is 13.2 Å². The molecule has 3 aromatic rings. The van der Waals surface area contributed by atoms with E-state index in [1.54, 1.807) is 7.05 Å². The molecule has 0 saturated carbocycles. The molecule has 0 radical (unpaired) electrons. The predicted octanol–water partition coefficient (Wildman–Crippen LogP) is 4.72. The standard InChI is InChI=1S/C18H13ClF3N3O2/c1-25-16(14(19)9-23-25)13-8-12(5-6-15(13)26)24-17(27)10-3-2-4-11(7-10)18(20,21)22/h2-9,26H,1H3,(H,24,27). The molecule has 0 unspecified atom stereocenters. The zero-order valence-electron chi connectivity index (χ0n) is 13.9. The maximum Gasteiger partial charge on any atom is 0.416 e. The molecule has 0 bridgehead atoms. The number of aromatic hydroxyl groups is 1. The molecular weight excluding hydrogens is 383 g/mol. The molecule has 5 nitrogen and oxygen atoms in total. The summed E-state index contributed by atoms with van der Waals surface area (Å²) in [6.07, 6.45) is -3.14. The Morgan fingerprint density at radius 3 is 2.59 bits per heavy atom. The smallest absolute Gasteiger partial charge is 0.416 e. The topological polar surface area (TPSA) is 67.2 Å². The number of carbonyl (C=O) groups excluding carboxylic acids is 1. The van der Waals surface area contributed by atoms with E-state index in [4.69, 9.17) is 11.6 Å². The number of nitrogens with zero attached hydrogens (tertiary/aromatic N) is 2. The van der Waals surface area contributed by atoms with E-state index in [1.165, 1.54) is 35.1 Å². The summed E-state index contributed by atoms with van der Waals surface area (Å²) in [6, 6.07) is 8.34. The van der Waals surface area contributed by atoms with Crippen molar-refractivity contribution >= 4 is 23.2 Å². The highest BCUT2D eigenvalue weighted by Gasteiger charge is 2.30. The lowest BCUT2D eigenvalue weighted by atomic mass is 10.1. The zero-order chi connectivity index (χ0) is 19.8. The number of hydrogen-bond donors (Lipinski definition) is 2. The molecule has 0 spiro atoms. The van der Waals surface area contributed by atoms with E-state index in [2.05, 4.69) is 10.4 Å². The van der Waals surface area contributed by atoms with Gasteiger partial charge in [-0.3, -0.25) is 9.48 Å². The van der Waals surface area contributed by atoms with E-state index >= 15 is 0 Å². The normalized spacial score (nSPS) is 11.4.